The average molecular weight is 526 g/mol. The maximum absolute atomic E-state index is 14.3. The second-order valence-electron chi connectivity index (χ2n) is 8.90. The first-order valence-corrected chi connectivity index (χ1v) is 13.1. The summed E-state index contributed by atoms with van der Waals surface area (Å²) in [5, 5.41) is 9.95. The van der Waals surface area contributed by atoms with Gasteiger partial charge in [-0.05, 0) is 54.8 Å². The number of nitrogens with zero attached hydrogens (tertiary/aromatic N) is 1. The van der Waals surface area contributed by atoms with Crippen molar-refractivity contribution >= 4 is 5.97 Å². The van der Waals surface area contributed by atoms with Gasteiger partial charge >= 0.3 is 5.97 Å². The van der Waals surface area contributed by atoms with E-state index in [0.29, 0.717) is 34.7 Å². The Bertz CT molecular complexity index is 1140. The van der Waals surface area contributed by atoms with Gasteiger partial charge in [-0.1, -0.05) is 58.2 Å². The van der Waals surface area contributed by atoms with Crippen molar-refractivity contribution in [3.63, 3.8) is 0 Å². The number of hydrogen-bond donors (Lipinski definition) is 1. The van der Waals surface area contributed by atoms with Crippen LogP contribution in [0.25, 0.3) is 11.1 Å². The van der Waals surface area contributed by atoms with Crippen LogP contribution in [0.4, 0.5) is 4.39 Å². The topological polar surface area (TPSA) is 77.9 Å². The number of aliphatic hydroxyl groups excluding tert-OH is 1. The molecule has 7 heteroatoms. The summed E-state index contributed by atoms with van der Waals surface area (Å²) in [4.78, 5) is 16.1. The Labute approximate surface area is 225 Å². The van der Waals surface area contributed by atoms with E-state index < -0.39 is 6.10 Å². The fraction of sp³-hybridized carbons (Fsp3) is 0.419. The average Bonchev–Trinajstić information content (AvgIpc) is 3.84. The first-order chi connectivity index (χ1) is 18.4. The van der Waals surface area contributed by atoms with Crippen molar-refractivity contribution in [1.29, 1.82) is 0 Å². The molecule has 1 N–H and O–H groups in total. The molecule has 38 heavy (non-hydrogen) atoms. The molecule has 1 heterocycles. The van der Waals surface area contributed by atoms with Crippen LogP contribution in [0.2, 0.25) is 0 Å². The number of halogens is 1. The highest BCUT2D eigenvalue weighted by Crippen LogP contribution is 2.30. The van der Waals surface area contributed by atoms with Gasteiger partial charge in [-0.3, -0.25) is 9.78 Å². The molecule has 2 unspecified atom stereocenters. The quantitative estimate of drug-likeness (QED) is 0.307. The Morgan fingerprint density at radius 1 is 1.05 bits per heavy atom. The highest BCUT2D eigenvalue weighted by molar-refractivity contribution is 5.72. The van der Waals surface area contributed by atoms with Crippen molar-refractivity contribution in [2.75, 3.05) is 20.8 Å². The van der Waals surface area contributed by atoms with E-state index in [1.165, 1.54) is 39.5 Å². The SMILES string of the molecule is C1CC1.CC.COC(=O)C(C)Cc1ccc(C)c(OC(CO)c2ccc(-c3cc(OC)ccc3F)cn2)c1. The Hall–Kier alpha value is -3.45. The molecule has 1 aliphatic carbocycles. The smallest absolute Gasteiger partial charge is 0.308 e. The lowest BCUT2D eigenvalue weighted by Gasteiger charge is -2.19. The van der Waals surface area contributed by atoms with Crippen LogP contribution in [-0.2, 0) is 16.0 Å². The lowest BCUT2D eigenvalue weighted by atomic mass is 10.00. The zero-order valence-corrected chi connectivity index (χ0v) is 23.3. The van der Waals surface area contributed by atoms with Gasteiger partial charge in [-0.15, -0.1) is 0 Å². The molecule has 0 bridgehead atoms. The van der Waals surface area contributed by atoms with E-state index in [9.17, 15) is 14.3 Å². The molecule has 2 atom stereocenters. The molecule has 0 aliphatic heterocycles. The second kappa shape index (κ2) is 15.7. The predicted molar refractivity (Wildman–Crippen MR) is 148 cm³/mol. The lowest BCUT2D eigenvalue weighted by Crippen LogP contribution is -2.16. The van der Waals surface area contributed by atoms with Crippen LogP contribution in [0.1, 0.15) is 63.0 Å². The molecule has 0 amide bonds. The summed E-state index contributed by atoms with van der Waals surface area (Å²) >= 11 is 0. The Morgan fingerprint density at radius 3 is 2.32 bits per heavy atom. The molecule has 1 aromatic heterocycles. The van der Waals surface area contributed by atoms with Gasteiger partial charge in [0.25, 0.3) is 0 Å². The first-order valence-electron chi connectivity index (χ1n) is 13.1. The molecule has 3 aromatic rings. The normalized spacial score (nSPS) is 13.1. The number of benzene rings is 2. The highest BCUT2D eigenvalue weighted by atomic mass is 19.1. The standard InChI is InChI=1S/C26H28FNO5.C3H6.C2H6/c1-16-5-6-18(11-17(2)26(30)32-4)12-24(16)33-25(15-29)23-10-7-19(14-28-23)21-13-20(31-3)8-9-22(21)27;1-2-3-1;1-2/h5-10,12-14,17,25,29H,11,15H2,1-4H3;1-3H2;1-2H3. The zero-order valence-electron chi connectivity index (χ0n) is 23.3. The molecule has 206 valence electrons. The van der Waals surface area contributed by atoms with Crippen molar-refractivity contribution < 1.29 is 28.5 Å². The van der Waals surface area contributed by atoms with Crippen molar-refractivity contribution in [3.05, 3.63) is 77.4 Å². The van der Waals surface area contributed by atoms with E-state index in [0.717, 1.165) is 11.1 Å². The predicted octanol–water partition coefficient (Wildman–Crippen LogP) is 6.87. The molecular formula is C31H40FNO5. The molecule has 1 saturated carbocycles. The number of carbonyl (C=O) groups excluding carboxylic acids is 1. The fourth-order valence-corrected chi connectivity index (χ4v) is 3.49. The zero-order chi connectivity index (χ0) is 28.1. The molecule has 0 spiro atoms. The molecule has 4 rings (SSSR count). The number of pyridine rings is 1. The summed E-state index contributed by atoms with van der Waals surface area (Å²) < 4.78 is 30.3. The Kier molecular flexibility index (Phi) is 12.7. The van der Waals surface area contributed by atoms with Crippen LogP contribution in [-0.4, -0.2) is 36.9 Å². The first kappa shape index (κ1) is 30.8. The van der Waals surface area contributed by atoms with Crippen LogP contribution >= 0.6 is 0 Å². The summed E-state index contributed by atoms with van der Waals surface area (Å²) in [5.74, 6) is 0.194. The lowest BCUT2D eigenvalue weighted by molar-refractivity contribution is -0.144. The van der Waals surface area contributed by atoms with E-state index in [1.54, 1.807) is 37.4 Å². The van der Waals surface area contributed by atoms with Crippen LogP contribution in [0.3, 0.4) is 0 Å². The third-order valence-corrected chi connectivity index (χ3v) is 5.79. The summed E-state index contributed by atoms with van der Waals surface area (Å²) in [6.07, 6.45) is 5.84. The molecule has 1 aliphatic rings. The molecule has 0 radical (unpaired) electrons. The number of aliphatic hydroxyl groups is 1. The van der Waals surface area contributed by atoms with Gasteiger partial charge in [-0.2, -0.15) is 0 Å². The van der Waals surface area contributed by atoms with Gasteiger partial charge in [0.05, 0.1) is 32.4 Å². The van der Waals surface area contributed by atoms with Crippen molar-refractivity contribution in [2.45, 2.75) is 59.5 Å². The number of carbonyl (C=O) groups is 1. The molecule has 2 aromatic carbocycles. The van der Waals surface area contributed by atoms with Crippen molar-refractivity contribution in [3.8, 4) is 22.6 Å². The van der Waals surface area contributed by atoms with Crippen molar-refractivity contribution in [1.82, 2.24) is 4.98 Å². The maximum Gasteiger partial charge on any atom is 0.308 e. The number of hydrogen-bond acceptors (Lipinski definition) is 6. The van der Waals surface area contributed by atoms with Gasteiger partial charge in [0.2, 0.25) is 0 Å². The molecule has 6 nitrogen and oxygen atoms in total. The number of esters is 1. The van der Waals surface area contributed by atoms with E-state index in [1.807, 2.05) is 39.0 Å². The highest BCUT2D eigenvalue weighted by Gasteiger charge is 2.18. The van der Waals surface area contributed by atoms with Gasteiger partial charge in [0, 0.05) is 17.3 Å². The maximum atomic E-state index is 14.3. The summed E-state index contributed by atoms with van der Waals surface area (Å²) in [6, 6.07) is 13.6. The van der Waals surface area contributed by atoms with Crippen LogP contribution in [0.15, 0.2) is 54.7 Å². The Balaban J connectivity index is 0.000000925. The minimum atomic E-state index is -0.707. The third-order valence-electron chi connectivity index (χ3n) is 5.79. The monoisotopic (exact) mass is 525 g/mol. The van der Waals surface area contributed by atoms with Gasteiger partial charge in [0.15, 0.2) is 6.10 Å². The Morgan fingerprint density at radius 2 is 1.76 bits per heavy atom. The molecular weight excluding hydrogens is 485 g/mol. The summed E-state index contributed by atoms with van der Waals surface area (Å²) in [5.41, 5.74) is 3.28. The number of aryl methyl sites for hydroxylation is 1. The second-order valence-corrected chi connectivity index (χ2v) is 8.90. The van der Waals surface area contributed by atoms with Crippen LogP contribution in [0, 0.1) is 18.7 Å². The molecule has 1 fully saturated rings. The summed E-state index contributed by atoms with van der Waals surface area (Å²) in [6.45, 7) is 7.42. The van der Waals surface area contributed by atoms with Crippen LogP contribution in [0.5, 0.6) is 11.5 Å². The fourth-order valence-electron chi connectivity index (χ4n) is 3.49. The van der Waals surface area contributed by atoms with Crippen molar-refractivity contribution in [2.24, 2.45) is 5.92 Å². The van der Waals surface area contributed by atoms with E-state index >= 15 is 0 Å². The number of ether oxygens (including phenoxy) is 3. The number of rotatable bonds is 9. The van der Waals surface area contributed by atoms with E-state index in [4.69, 9.17) is 14.2 Å². The van der Waals surface area contributed by atoms with Gasteiger partial charge in [-0.25, -0.2) is 4.39 Å². The summed E-state index contributed by atoms with van der Waals surface area (Å²) in [7, 11) is 2.89. The van der Waals surface area contributed by atoms with Crippen LogP contribution < -0.4 is 9.47 Å². The molecule has 0 saturated heterocycles. The number of aromatic nitrogens is 1. The minimum absolute atomic E-state index is 0.275. The van der Waals surface area contributed by atoms with E-state index in [2.05, 4.69) is 4.98 Å². The largest absolute Gasteiger partial charge is 0.497 e. The number of methoxy groups -OCH3 is 2. The minimum Gasteiger partial charge on any atom is -0.497 e. The van der Waals surface area contributed by atoms with Gasteiger partial charge in [0.1, 0.15) is 17.3 Å². The van der Waals surface area contributed by atoms with E-state index in [-0.39, 0.29) is 24.3 Å². The van der Waals surface area contributed by atoms with Gasteiger partial charge < -0.3 is 19.3 Å². The third kappa shape index (κ3) is 9.14.